The molecule has 0 heterocycles. The van der Waals surface area contributed by atoms with Crippen LogP contribution in [0.15, 0.2) is 22.7 Å². The van der Waals surface area contributed by atoms with Gasteiger partial charge < -0.3 is 15.8 Å². The molecule has 0 radical (unpaired) electrons. The summed E-state index contributed by atoms with van der Waals surface area (Å²) in [6, 6.07) is 5.84. The van der Waals surface area contributed by atoms with Crippen molar-refractivity contribution in [3.8, 4) is 5.75 Å². The summed E-state index contributed by atoms with van der Waals surface area (Å²) in [5.41, 5.74) is 6.84. The molecule has 21 heavy (non-hydrogen) atoms. The van der Waals surface area contributed by atoms with E-state index in [2.05, 4.69) is 21.2 Å². The molecular weight excluding hydrogens is 332 g/mol. The van der Waals surface area contributed by atoms with E-state index >= 15 is 0 Å². The second-order valence-corrected chi connectivity index (χ2v) is 6.58. The van der Waals surface area contributed by atoms with Crippen LogP contribution in [0.4, 0.5) is 0 Å². The number of nitrogens with two attached hydrogens (primary N) is 1. The van der Waals surface area contributed by atoms with Crippen LogP contribution >= 0.6 is 15.9 Å². The van der Waals surface area contributed by atoms with E-state index < -0.39 is 0 Å². The highest BCUT2D eigenvalue weighted by Crippen LogP contribution is 2.27. The molecule has 116 valence electrons. The van der Waals surface area contributed by atoms with Gasteiger partial charge in [-0.15, -0.1) is 0 Å². The normalized spacial score (nSPS) is 17.3. The van der Waals surface area contributed by atoms with Crippen LogP contribution in [-0.4, -0.2) is 18.6 Å². The van der Waals surface area contributed by atoms with Gasteiger partial charge in [0.25, 0.3) is 5.91 Å². The minimum atomic E-state index is -0.140. The summed E-state index contributed by atoms with van der Waals surface area (Å²) in [5.74, 6) is 0.618. The zero-order chi connectivity index (χ0) is 15.2. The molecule has 1 aromatic carbocycles. The lowest BCUT2D eigenvalue weighted by molar-refractivity contribution is -0.124. The van der Waals surface area contributed by atoms with E-state index in [0.29, 0.717) is 11.8 Å². The van der Waals surface area contributed by atoms with Crippen molar-refractivity contribution < 1.29 is 9.53 Å². The number of carbonyl (C=O) groups excluding carboxylic acids is 1. The fourth-order valence-corrected chi connectivity index (χ4v) is 3.04. The molecule has 0 saturated heterocycles. The maximum atomic E-state index is 12.0. The van der Waals surface area contributed by atoms with Gasteiger partial charge in [0.1, 0.15) is 5.75 Å². The van der Waals surface area contributed by atoms with Gasteiger partial charge in [0.05, 0.1) is 0 Å². The topological polar surface area (TPSA) is 64.3 Å². The smallest absolute Gasteiger partial charge is 0.258 e. The van der Waals surface area contributed by atoms with Crippen LogP contribution in [0.2, 0.25) is 0 Å². The Morgan fingerprint density at radius 1 is 1.43 bits per heavy atom. The number of carbonyl (C=O) groups is 1. The number of benzene rings is 1. The SMILES string of the molecule is CC(N)c1cc(Br)ccc1OCC(=O)NC1CCCCC1. The van der Waals surface area contributed by atoms with E-state index in [0.717, 1.165) is 22.9 Å². The Morgan fingerprint density at radius 3 is 2.81 bits per heavy atom. The molecule has 1 saturated carbocycles. The average Bonchev–Trinajstić information content (AvgIpc) is 2.47. The summed E-state index contributed by atoms with van der Waals surface area (Å²) in [6.07, 6.45) is 5.84. The molecule has 0 aromatic heterocycles. The Hall–Kier alpha value is -1.07. The van der Waals surface area contributed by atoms with E-state index in [1.165, 1.54) is 19.3 Å². The van der Waals surface area contributed by atoms with Crippen molar-refractivity contribution in [3.05, 3.63) is 28.2 Å². The summed E-state index contributed by atoms with van der Waals surface area (Å²) in [6.45, 7) is 1.94. The Kier molecular flexibility index (Phi) is 6.06. The van der Waals surface area contributed by atoms with Crippen LogP contribution in [0.25, 0.3) is 0 Å². The zero-order valence-corrected chi connectivity index (χ0v) is 14.0. The third kappa shape index (κ3) is 5.00. The molecule has 2 rings (SSSR count). The van der Waals surface area contributed by atoms with Crippen molar-refractivity contribution in [2.45, 2.75) is 51.1 Å². The van der Waals surface area contributed by atoms with Crippen molar-refractivity contribution in [1.29, 1.82) is 0 Å². The van der Waals surface area contributed by atoms with E-state index in [1.54, 1.807) is 0 Å². The van der Waals surface area contributed by atoms with Gasteiger partial charge in [0, 0.05) is 22.1 Å². The van der Waals surface area contributed by atoms with Gasteiger partial charge in [-0.25, -0.2) is 0 Å². The first-order valence-corrected chi connectivity index (χ1v) is 8.33. The van der Waals surface area contributed by atoms with Gasteiger partial charge in [0.15, 0.2) is 6.61 Å². The summed E-state index contributed by atoms with van der Waals surface area (Å²) < 4.78 is 6.60. The van der Waals surface area contributed by atoms with Gasteiger partial charge >= 0.3 is 0 Å². The number of halogens is 1. The Bertz CT molecular complexity index is 485. The van der Waals surface area contributed by atoms with E-state index in [-0.39, 0.29) is 18.6 Å². The van der Waals surface area contributed by atoms with Crippen molar-refractivity contribution >= 4 is 21.8 Å². The number of nitrogens with one attached hydrogen (secondary N) is 1. The predicted octanol–water partition coefficient (Wildman–Crippen LogP) is 3.30. The molecule has 1 aliphatic carbocycles. The maximum absolute atomic E-state index is 12.0. The van der Waals surface area contributed by atoms with Gasteiger partial charge in [-0.2, -0.15) is 0 Å². The minimum absolute atomic E-state index is 0.0395. The molecule has 0 bridgehead atoms. The molecular formula is C16H23BrN2O2. The number of rotatable bonds is 5. The van der Waals surface area contributed by atoms with Crippen molar-refractivity contribution in [2.75, 3.05) is 6.61 Å². The number of ether oxygens (including phenoxy) is 1. The van der Waals surface area contributed by atoms with Crippen LogP contribution < -0.4 is 15.8 Å². The third-order valence-corrected chi connectivity index (χ3v) is 4.28. The summed E-state index contributed by atoms with van der Waals surface area (Å²) in [5, 5.41) is 3.04. The fourth-order valence-electron chi connectivity index (χ4n) is 2.67. The average molecular weight is 355 g/mol. The monoisotopic (exact) mass is 354 g/mol. The van der Waals surface area contributed by atoms with Gasteiger partial charge in [0.2, 0.25) is 0 Å². The van der Waals surface area contributed by atoms with Crippen molar-refractivity contribution in [1.82, 2.24) is 5.32 Å². The van der Waals surface area contributed by atoms with E-state index in [1.807, 2.05) is 25.1 Å². The molecule has 0 aliphatic heterocycles. The second-order valence-electron chi connectivity index (χ2n) is 5.66. The Labute approximate surface area is 134 Å². The second kappa shape index (κ2) is 7.80. The lowest BCUT2D eigenvalue weighted by Crippen LogP contribution is -2.39. The quantitative estimate of drug-likeness (QED) is 0.852. The Balaban J connectivity index is 1.88. The summed E-state index contributed by atoms with van der Waals surface area (Å²) in [4.78, 5) is 12.0. The molecule has 1 aliphatic rings. The number of amides is 1. The van der Waals surface area contributed by atoms with Crippen LogP contribution in [0.1, 0.15) is 50.6 Å². The highest BCUT2D eigenvalue weighted by Gasteiger charge is 2.16. The van der Waals surface area contributed by atoms with Crippen LogP contribution in [-0.2, 0) is 4.79 Å². The first-order valence-electron chi connectivity index (χ1n) is 7.53. The van der Waals surface area contributed by atoms with Crippen molar-refractivity contribution in [3.63, 3.8) is 0 Å². The molecule has 0 spiro atoms. The largest absolute Gasteiger partial charge is 0.483 e. The zero-order valence-electron chi connectivity index (χ0n) is 12.4. The number of hydrogen-bond acceptors (Lipinski definition) is 3. The standard InChI is InChI=1S/C16H23BrN2O2/c1-11(18)14-9-12(17)7-8-15(14)21-10-16(20)19-13-5-3-2-4-6-13/h7-9,11,13H,2-6,10,18H2,1H3,(H,19,20). The summed E-state index contributed by atoms with van der Waals surface area (Å²) in [7, 11) is 0. The predicted molar refractivity (Wildman–Crippen MR) is 87.3 cm³/mol. The molecule has 3 N–H and O–H groups in total. The number of hydrogen-bond donors (Lipinski definition) is 2. The first kappa shape index (κ1) is 16.3. The van der Waals surface area contributed by atoms with Gasteiger partial charge in [-0.05, 0) is 38.0 Å². The van der Waals surface area contributed by atoms with E-state index in [4.69, 9.17) is 10.5 Å². The van der Waals surface area contributed by atoms with E-state index in [9.17, 15) is 4.79 Å². The fraction of sp³-hybridized carbons (Fsp3) is 0.562. The van der Waals surface area contributed by atoms with Gasteiger partial charge in [-0.1, -0.05) is 35.2 Å². The highest BCUT2D eigenvalue weighted by molar-refractivity contribution is 9.10. The first-order chi connectivity index (χ1) is 10.1. The van der Waals surface area contributed by atoms with Crippen LogP contribution in [0.5, 0.6) is 5.75 Å². The van der Waals surface area contributed by atoms with Crippen LogP contribution in [0.3, 0.4) is 0 Å². The molecule has 1 fully saturated rings. The molecule has 1 atom stereocenters. The summed E-state index contributed by atoms with van der Waals surface area (Å²) >= 11 is 3.42. The third-order valence-electron chi connectivity index (χ3n) is 3.79. The maximum Gasteiger partial charge on any atom is 0.258 e. The Morgan fingerprint density at radius 2 is 2.14 bits per heavy atom. The minimum Gasteiger partial charge on any atom is -0.483 e. The molecule has 5 heteroatoms. The molecule has 1 unspecified atom stereocenters. The highest BCUT2D eigenvalue weighted by atomic mass is 79.9. The van der Waals surface area contributed by atoms with Crippen molar-refractivity contribution in [2.24, 2.45) is 5.73 Å². The van der Waals surface area contributed by atoms with Gasteiger partial charge in [-0.3, -0.25) is 4.79 Å². The molecule has 1 amide bonds. The lowest BCUT2D eigenvalue weighted by Gasteiger charge is -2.23. The molecule has 1 aromatic rings. The lowest BCUT2D eigenvalue weighted by atomic mass is 9.95. The molecule has 4 nitrogen and oxygen atoms in total. The van der Waals surface area contributed by atoms with Crippen LogP contribution in [0, 0.1) is 0 Å².